The Kier molecular flexibility index (Phi) is 5.29. The highest BCUT2D eigenvalue weighted by Crippen LogP contribution is 2.66. The van der Waals surface area contributed by atoms with Crippen LogP contribution in [0.5, 0.6) is 5.75 Å². The molecule has 1 saturated carbocycles. The summed E-state index contributed by atoms with van der Waals surface area (Å²) in [6, 6.07) is 6.61. The van der Waals surface area contributed by atoms with Crippen LogP contribution in [0.15, 0.2) is 41.7 Å². The molecule has 5 rings (SSSR count). The second-order valence-electron chi connectivity index (χ2n) is 8.77. The van der Waals surface area contributed by atoms with E-state index in [0.29, 0.717) is 40.7 Å². The molecule has 1 fully saturated rings. The Bertz CT molecular complexity index is 1290. The molecule has 33 heavy (non-hydrogen) atoms. The summed E-state index contributed by atoms with van der Waals surface area (Å²) in [6.45, 7) is 2.31. The van der Waals surface area contributed by atoms with Gasteiger partial charge in [0, 0.05) is 36.6 Å². The number of nitrogens with zero attached hydrogens (tertiary/aromatic N) is 3. The van der Waals surface area contributed by atoms with E-state index >= 15 is 4.39 Å². The first-order valence-corrected chi connectivity index (χ1v) is 11.4. The topological polar surface area (TPSA) is 82.6 Å². The lowest BCUT2D eigenvalue weighted by Gasteiger charge is -2.34. The Morgan fingerprint density at radius 3 is 2.79 bits per heavy atom. The smallest absolute Gasteiger partial charge is 0.164 e. The quantitative estimate of drug-likeness (QED) is 0.582. The third-order valence-corrected chi connectivity index (χ3v) is 7.91. The van der Waals surface area contributed by atoms with Crippen molar-refractivity contribution in [2.24, 2.45) is 16.6 Å². The van der Waals surface area contributed by atoms with Crippen LogP contribution in [0, 0.1) is 17.6 Å². The standard InChI is InChI=1S/C24H24F2N4O2S/c1-23(19-10-24(19,12-31-2)33-22(27)30-23)16-6-13(7-17(25)20(16)26)8-18-21-14(4-5-28-18)9-15(32-3)11-29-21/h4-7,9,11,19H,8,10,12H2,1-3H3,(H2,27,30)/t19-,23+,24+/m0/s1. The molecule has 0 amide bonds. The van der Waals surface area contributed by atoms with E-state index in [-0.39, 0.29) is 16.2 Å². The van der Waals surface area contributed by atoms with Crippen molar-refractivity contribution in [2.45, 2.75) is 30.1 Å². The summed E-state index contributed by atoms with van der Waals surface area (Å²) in [5.41, 5.74) is 7.30. The number of aromatic nitrogens is 2. The summed E-state index contributed by atoms with van der Waals surface area (Å²) in [5.74, 6) is -1.17. The van der Waals surface area contributed by atoms with E-state index in [1.807, 2.05) is 19.1 Å². The van der Waals surface area contributed by atoms with Gasteiger partial charge in [-0.3, -0.25) is 15.0 Å². The van der Waals surface area contributed by atoms with Gasteiger partial charge in [-0.1, -0.05) is 11.8 Å². The van der Waals surface area contributed by atoms with E-state index in [9.17, 15) is 4.39 Å². The van der Waals surface area contributed by atoms with Gasteiger partial charge in [0.2, 0.25) is 0 Å². The summed E-state index contributed by atoms with van der Waals surface area (Å²) in [6.07, 6.45) is 4.35. The fourth-order valence-electron chi connectivity index (χ4n) is 4.98. The van der Waals surface area contributed by atoms with Crippen molar-refractivity contribution in [3.8, 4) is 5.75 Å². The molecule has 6 nitrogen and oxygen atoms in total. The van der Waals surface area contributed by atoms with Crippen LogP contribution in [0.2, 0.25) is 0 Å². The molecular formula is C24H24F2N4O2S. The number of fused-ring (bicyclic) bond motifs is 2. The molecule has 2 aromatic heterocycles. The number of methoxy groups -OCH3 is 2. The van der Waals surface area contributed by atoms with Gasteiger partial charge >= 0.3 is 0 Å². The van der Waals surface area contributed by atoms with Crippen molar-refractivity contribution in [2.75, 3.05) is 20.8 Å². The zero-order valence-electron chi connectivity index (χ0n) is 18.6. The minimum atomic E-state index is -0.980. The monoisotopic (exact) mass is 470 g/mol. The second kappa shape index (κ2) is 7.92. The number of ether oxygens (including phenoxy) is 2. The van der Waals surface area contributed by atoms with Gasteiger partial charge in [0.1, 0.15) is 5.75 Å². The molecule has 3 atom stereocenters. The van der Waals surface area contributed by atoms with E-state index < -0.39 is 17.2 Å². The molecule has 1 aliphatic carbocycles. The lowest BCUT2D eigenvalue weighted by atomic mass is 9.84. The molecule has 0 saturated heterocycles. The first-order valence-electron chi connectivity index (χ1n) is 10.6. The average Bonchev–Trinajstić information content (AvgIpc) is 3.50. The predicted octanol–water partition coefficient (Wildman–Crippen LogP) is 4.19. The molecule has 1 aromatic carbocycles. The molecule has 0 unspecified atom stereocenters. The molecule has 9 heteroatoms. The van der Waals surface area contributed by atoms with Gasteiger partial charge in [-0.05, 0) is 43.2 Å². The molecule has 172 valence electrons. The maximum atomic E-state index is 15.2. The maximum Gasteiger partial charge on any atom is 0.164 e. The van der Waals surface area contributed by atoms with E-state index in [1.165, 1.54) is 17.8 Å². The first-order chi connectivity index (χ1) is 15.8. The molecule has 1 aliphatic heterocycles. The summed E-state index contributed by atoms with van der Waals surface area (Å²) in [7, 11) is 3.21. The van der Waals surface area contributed by atoms with E-state index in [2.05, 4.69) is 15.0 Å². The normalized spacial score (nSPS) is 26.1. The number of nitrogens with two attached hydrogens (primary N) is 1. The minimum Gasteiger partial charge on any atom is -0.495 e. The number of hydrogen-bond donors (Lipinski definition) is 1. The van der Waals surface area contributed by atoms with Gasteiger partial charge in [0.15, 0.2) is 16.8 Å². The van der Waals surface area contributed by atoms with Crippen molar-refractivity contribution in [1.29, 1.82) is 0 Å². The first kappa shape index (κ1) is 22.0. The lowest BCUT2D eigenvalue weighted by Crippen LogP contribution is -2.38. The maximum absolute atomic E-state index is 15.2. The van der Waals surface area contributed by atoms with Crippen LogP contribution in [-0.2, 0) is 16.7 Å². The van der Waals surface area contributed by atoms with Crippen LogP contribution in [-0.4, -0.2) is 40.7 Å². The molecular weight excluding hydrogens is 446 g/mol. The number of rotatable bonds is 6. The van der Waals surface area contributed by atoms with Crippen LogP contribution < -0.4 is 10.5 Å². The van der Waals surface area contributed by atoms with Crippen molar-refractivity contribution >= 4 is 27.8 Å². The number of benzene rings is 1. The predicted molar refractivity (Wildman–Crippen MR) is 125 cm³/mol. The fourth-order valence-corrected chi connectivity index (χ4v) is 6.43. The van der Waals surface area contributed by atoms with Gasteiger partial charge in [-0.2, -0.15) is 0 Å². The van der Waals surface area contributed by atoms with Crippen LogP contribution in [0.25, 0.3) is 10.9 Å². The lowest BCUT2D eigenvalue weighted by molar-refractivity contribution is 0.184. The Labute approximate surface area is 194 Å². The second-order valence-corrected chi connectivity index (χ2v) is 10.2. The zero-order valence-corrected chi connectivity index (χ0v) is 19.4. The minimum absolute atomic E-state index is 0.00351. The average molecular weight is 471 g/mol. The number of halogens is 2. The third kappa shape index (κ3) is 3.63. The highest BCUT2D eigenvalue weighted by atomic mass is 32.2. The van der Waals surface area contributed by atoms with Crippen LogP contribution >= 0.6 is 11.8 Å². The largest absolute Gasteiger partial charge is 0.495 e. The Morgan fingerprint density at radius 1 is 1.21 bits per heavy atom. The van der Waals surface area contributed by atoms with Crippen LogP contribution in [0.3, 0.4) is 0 Å². The highest BCUT2D eigenvalue weighted by molar-refractivity contribution is 8.15. The summed E-state index contributed by atoms with van der Waals surface area (Å²) in [5, 5.41) is 1.22. The number of amidine groups is 1. The summed E-state index contributed by atoms with van der Waals surface area (Å²) >= 11 is 1.46. The van der Waals surface area contributed by atoms with Gasteiger partial charge in [-0.15, -0.1) is 0 Å². The Morgan fingerprint density at radius 2 is 2.03 bits per heavy atom. The van der Waals surface area contributed by atoms with E-state index in [1.54, 1.807) is 32.7 Å². The third-order valence-electron chi connectivity index (χ3n) is 6.63. The van der Waals surface area contributed by atoms with Gasteiger partial charge in [-0.25, -0.2) is 8.78 Å². The highest BCUT2D eigenvalue weighted by Gasteiger charge is 2.66. The van der Waals surface area contributed by atoms with E-state index in [4.69, 9.17) is 15.2 Å². The van der Waals surface area contributed by atoms with Crippen LogP contribution in [0.4, 0.5) is 8.78 Å². The molecule has 2 N–H and O–H groups in total. The summed E-state index contributed by atoms with van der Waals surface area (Å²) in [4.78, 5) is 13.5. The van der Waals surface area contributed by atoms with Crippen molar-refractivity contribution < 1.29 is 18.3 Å². The van der Waals surface area contributed by atoms with Gasteiger partial charge < -0.3 is 15.2 Å². The number of hydrogen-bond acceptors (Lipinski definition) is 7. The van der Waals surface area contributed by atoms with E-state index in [0.717, 1.165) is 11.8 Å². The zero-order chi connectivity index (χ0) is 23.4. The van der Waals surface area contributed by atoms with Crippen molar-refractivity contribution in [3.05, 3.63) is 65.1 Å². The fraction of sp³-hybridized carbons (Fsp3) is 0.375. The SMILES string of the molecule is COC[C@]12C[C@H]1[C@@](C)(c1cc(Cc3nccc4cc(OC)cnc34)cc(F)c1F)N=C(N)S2. The van der Waals surface area contributed by atoms with Gasteiger partial charge in [0.25, 0.3) is 0 Å². The number of thioether (sulfide) groups is 1. The van der Waals surface area contributed by atoms with Gasteiger partial charge in [0.05, 0.1) is 41.4 Å². The van der Waals surface area contributed by atoms with Crippen molar-refractivity contribution in [3.63, 3.8) is 0 Å². The van der Waals surface area contributed by atoms with Crippen molar-refractivity contribution in [1.82, 2.24) is 9.97 Å². The summed E-state index contributed by atoms with van der Waals surface area (Å²) < 4.78 is 40.4. The molecule has 3 heterocycles. The Balaban J connectivity index is 1.56. The molecule has 0 spiro atoms. The molecule has 0 radical (unpaired) electrons. The number of pyridine rings is 2. The number of aliphatic imine (C=N–C) groups is 1. The Hall–Kier alpha value is -2.78. The van der Waals surface area contributed by atoms with Crippen LogP contribution in [0.1, 0.15) is 30.2 Å². The molecule has 3 aromatic rings. The molecule has 0 bridgehead atoms. The molecule has 2 aliphatic rings.